The van der Waals surface area contributed by atoms with Crippen molar-refractivity contribution < 1.29 is 9.90 Å². The van der Waals surface area contributed by atoms with Gasteiger partial charge in [-0.2, -0.15) is 0 Å². The lowest BCUT2D eigenvalue weighted by molar-refractivity contribution is -0.123. The number of carbonyl (C=O) groups is 1. The van der Waals surface area contributed by atoms with E-state index in [4.69, 9.17) is 5.73 Å². The number of aliphatic hydroxyl groups excluding tert-OH is 1. The van der Waals surface area contributed by atoms with Gasteiger partial charge in [-0.05, 0) is 55.2 Å². The predicted octanol–water partition coefficient (Wildman–Crippen LogP) is 1.83. The minimum Gasteiger partial charge on any atom is -0.399 e. The summed E-state index contributed by atoms with van der Waals surface area (Å²) in [5, 5.41) is 12.5. The van der Waals surface area contributed by atoms with Gasteiger partial charge < -0.3 is 16.2 Å². The number of hydrogen-bond donors (Lipinski definition) is 3. The minimum absolute atomic E-state index is 0.135. The number of anilines is 1. The third-order valence-electron chi connectivity index (χ3n) is 5.22. The molecule has 0 saturated heterocycles. The van der Waals surface area contributed by atoms with E-state index in [0.29, 0.717) is 18.4 Å². The van der Waals surface area contributed by atoms with Crippen molar-refractivity contribution in [2.45, 2.75) is 37.5 Å². The number of nitrogens with two attached hydrogens (primary N) is 1. The summed E-state index contributed by atoms with van der Waals surface area (Å²) >= 11 is 0. The van der Waals surface area contributed by atoms with E-state index in [1.165, 1.54) is 0 Å². The summed E-state index contributed by atoms with van der Waals surface area (Å²) in [7, 11) is 0. The molecular formula is C17H24N2O2. The monoisotopic (exact) mass is 288 g/mol. The van der Waals surface area contributed by atoms with Crippen LogP contribution in [-0.2, 0) is 10.2 Å². The summed E-state index contributed by atoms with van der Waals surface area (Å²) in [6, 6.07) is 7.66. The maximum absolute atomic E-state index is 12.6. The molecular weight excluding hydrogens is 264 g/mol. The van der Waals surface area contributed by atoms with E-state index < -0.39 is 0 Å². The highest BCUT2D eigenvalue weighted by molar-refractivity contribution is 5.91. The molecule has 2 saturated carbocycles. The molecule has 2 aliphatic carbocycles. The van der Waals surface area contributed by atoms with Crippen molar-refractivity contribution in [1.82, 2.24) is 5.32 Å². The van der Waals surface area contributed by atoms with Gasteiger partial charge in [-0.1, -0.05) is 18.6 Å². The molecule has 0 heterocycles. The lowest BCUT2D eigenvalue weighted by Crippen LogP contribution is -2.38. The molecule has 2 unspecified atom stereocenters. The van der Waals surface area contributed by atoms with Gasteiger partial charge in [0, 0.05) is 18.8 Å². The van der Waals surface area contributed by atoms with Gasteiger partial charge in [0.1, 0.15) is 0 Å². The normalized spacial score (nSPS) is 26.5. The fourth-order valence-electron chi connectivity index (χ4n) is 3.59. The molecule has 4 heteroatoms. The molecule has 1 aromatic carbocycles. The molecule has 21 heavy (non-hydrogen) atoms. The second kappa shape index (κ2) is 5.68. The van der Waals surface area contributed by atoms with Crippen LogP contribution >= 0.6 is 0 Å². The highest BCUT2D eigenvalue weighted by Crippen LogP contribution is 2.48. The van der Waals surface area contributed by atoms with Gasteiger partial charge >= 0.3 is 0 Å². The SMILES string of the molecule is Nc1ccc(C2(C(=O)NCC3CCCC3CO)CC2)cc1. The van der Waals surface area contributed by atoms with Crippen molar-refractivity contribution >= 4 is 11.6 Å². The largest absolute Gasteiger partial charge is 0.399 e. The van der Waals surface area contributed by atoms with Crippen LogP contribution in [0.25, 0.3) is 0 Å². The zero-order valence-electron chi connectivity index (χ0n) is 12.3. The Labute approximate surface area is 125 Å². The molecule has 4 nitrogen and oxygen atoms in total. The average Bonchev–Trinajstić information content (AvgIpc) is 3.18. The van der Waals surface area contributed by atoms with E-state index >= 15 is 0 Å². The summed E-state index contributed by atoms with van der Waals surface area (Å²) < 4.78 is 0. The smallest absolute Gasteiger partial charge is 0.230 e. The Kier molecular flexibility index (Phi) is 3.89. The van der Waals surface area contributed by atoms with Gasteiger partial charge in [0.2, 0.25) is 5.91 Å². The van der Waals surface area contributed by atoms with E-state index in [2.05, 4.69) is 5.32 Å². The Balaban J connectivity index is 1.61. The molecule has 0 aliphatic heterocycles. The van der Waals surface area contributed by atoms with Crippen molar-refractivity contribution in [3.05, 3.63) is 29.8 Å². The fourth-order valence-corrected chi connectivity index (χ4v) is 3.59. The van der Waals surface area contributed by atoms with Crippen molar-refractivity contribution in [2.24, 2.45) is 11.8 Å². The van der Waals surface area contributed by atoms with Crippen LogP contribution in [0.3, 0.4) is 0 Å². The molecule has 0 bridgehead atoms. The molecule has 0 aromatic heterocycles. The Morgan fingerprint density at radius 1 is 1.24 bits per heavy atom. The van der Waals surface area contributed by atoms with Crippen LogP contribution < -0.4 is 11.1 Å². The zero-order valence-corrected chi connectivity index (χ0v) is 12.3. The molecule has 1 aromatic rings. The van der Waals surface area contributed by atoms with Gasteiger partial charge in [-0.3, -0.25) is 4.79 Å². The highest BCUT2D eigenvalue weighted by Gasteiger charge is 2.51. The maximum atomic E-state index is 12.6. The predicted molar refractivity (Wildman–Crippen MR) is 82.7 cm³/mol. The van der Waals surface area contributed by atoms with E-state index in [1.807, 2.05) is 24.3 Å². The summed E-state index contributed by atoms with van der Waals surface area (Å²) in [5.41, 5.74) is 7.18. The standard InChI is InChI=1S/C17H24N2O2/c18-15-6-4-14(5-7-15)17(8-9-17)16(21)19-10-12-2-1-3-13(12)11-20/h4-7,12-13,20H,1-3,8-11,18H2,(H,19,21). The first-order valence-corrected chi connectivity index (χ1v) is 7.91. The Bertz CT molecular complexity index is 508. The number of rotatable bonds is 5. The van der Waals surface area contributed by atoms with Crippen LogP contribution in [0.15, 0.2) is 24.3 Å². The molecule has 2 fully saturated rings. The zero-order chi connectivity index (χ0) is 14.9. The quantitative estimate of drug-likeness (QED) is 0.724. The van der Waals surface area contributed by atoms with Crippen LogP contribution in [-0.4, -0.2) is 24.2 Å². The van der Waals surface area contributed by atoms with Crippen LogP contribution in [0.5, 0.6) is 0 Å². The molecule has 114 valence electrons. The van der Waals surface area contributed by atoms with Gasteiger partial charge in [-0.15, -0.1) is 0 Å². The Hall–Kier alpha value is -1.55. The van der Waals surface area contributed by atoms with Crippen LogP contribution in [0, 0.1) is 11.8 Å². The molecule has 2 atom stereocenters. The van der Waals surface area contributed by atoms with Crippen LogP contribution in [0.2, 0.25) is 0 Å². The maximum Gasteiger partial charge on any atom is 0.230 e. The van der Waals surface area contributed by atoms with E-state index in [0.717, 1.165) is 43.4 Å². The number of nitrogens with one attached hydrogen (secondary N) is 1. The third kappa shape index (κ3) is 2.77. The number of hydrogen-bond acceptors (Lipinski definition) is 3. The Morgan fingerprint density at radius 3 is 2.52 bits per heavy atom. The van der Waals surface area contributed by atoms with Crippen LogP contribution in [0.1, 0.15) is 37.7 Å². The van der Waals surface area contributed by atoms with Crippen molar-refractivity contribution in [3.63, 3.8) is 0 Å². The first-order chi connectivity index (χ1) is 10.2. The van der Waals surface area contributed by atoms with E-state index in [-0.39, 0.29) is 17.9 Å². The topological polar surface area (TPSA) is 75.4 Å². The first kappa shape index (κ1) is 14.4. The average molecular weight is 288 g/mol. The first-order valence-electron chi connectivity index (χ1n) is 7.91. The third-order valence-corrected chi connectivity index (χ3v) is 5.22. The van der Waals surface area contributed by atoms with Gasteiger partial charge in [0.25, 0.3) is 0 Å². The number of nitrogen functional groups attached to an aromatic ring is 1. The second-order valence-corrected chi connectivity index (χ2v) is 6.55. The van der Waals surface area contributed by atoms with E-state index in [1.54, 1.807) is 0 Å². The molecule has 2 aliphatic rings. The number of benzene rings is 1. The fraction of sp³-hybridized carbons (Fsp3) is 0.588. The van der Waals surface area contributed by atoms with Gasteiger partial charge in [-0.25, -0.2) is 0 Å². The van der Waals surface area contributed by atoms with E-state index in [9.17, 15) is 9.90 Å². The number of amides is 1. The lowest BCUT2D eigenvalue weighted by atomic mass is 9.93. The summed E-state index contributed by atoms with van der Waals surface area (Å²) in [4.78, 5) is 12.6. The van der Waals surface area contributed by atoms with Crippen molar-refractivity contribution in [3.8, 4) is 0 Å². The number of aliphatic hydroxyl groups is 1. The van der Waals surface area contributed by atoms with Crippen molar-refractivity contribution in [1.29, 1.82) is 0 Å². The molecule has 1 amide bonds. The lowest BCUT2D eigenvalue weighted by Gasteiger charge is -2.21. The molecule has 4 N–H and O–H groups in total. The summed E-state index contributed by atoms with van der Waals surface area (Å²) in [6.07, 6.45) is 5.18. The van der Waals surface area contributed by atoms with Crippen LogP contribution in [0.4, 0.5) is 5.69 Å². The van der Waals surface area contributed by atoms with Crippen molar-refractivity contribution in [2.75, 3.05) is 18.9 Å². The molecule has 3 rings (SSSR count). The minimum atomic E-state index is -0.332. The second-order valence-electron chi connectivity index (χ2n) is 6.55. The number of carbonyl (C=O) groups excluding carboxylic acids is 1. The summed E-state index contributed by atoms with van der Waals surface area (Å²) in [6.45, 7) is 0.935. The van der Waals surface area contributed by atoms with Gasteiger partial charge in [0.15, 0.2) is 0 Å². The summed E-state index contributed by atoms with van der Waals surface area (Å²) in [5.74, 6) is 0.925. The highest BCUT2D eigenvalue weighted by atomic mass is 16.3. The Morgan fingerprint density at radius 2 is 1.90 bits per heavy atom. The molecule has 0 spiro atoms. The van der Waals surface area contributed by atoms with Gasteiger partial charge in [0.05, 0.1) is 5.41 Å². The molecule has 0 radical (unpaired) electrons.